The molecule has 1 aliphatic rings. The first-order valence-corrected chi connectivity index (χ1v) is 9.40. The third-order valence-corrected chi connectivity index (χ3v) is 7.31. The van der Waals surface area contributed by atoms with Gasteiger partial charge in [-0.3, -0.25) is 9.59 Å². The van der Waals surface area contributed by atoms with Crippen molar-refractivity contribution >= 4 is 31.5 Å². The van der Waals surface area contributed by atoms with Gasteiger partial charge in [0.25, 0.3) is 11.8 Å². The molecule has 10 heteroatoms. The van der Waals surface area contributed by atoms with Gasteiger partial charge in [-0.25, -0.2) is 16.8 Å². The number of carbonyl (C=O) groups is 2. The summed E-state index contributed by atoms with van der Waals surface area (Å²) in [7, 11) is -5.43. The van der Waals surface area contributed by atoms with E-state index in [1.807, 2.05) is 0 Å². The lowest BCUT2D eigenvalue weighted by Gasteiger charge is -2.40. The molecule has 0 saturated carbocycles. The van der Waals surface area contributed by atoms with Crippen LogP contribution in [0.5, 0.6) is 0 Å². The first-order valence-electron chi connectivity index (χ1n) is 5.97. The highest BCUT2D eigenvalue weighted by atomic mass is 32.2. The number of carbonyl (C=O) groups excluding carboxylic acids is 2. The van der Waals surface area contributed by atoms with Crippen LogP contribution in [0.15, 0.2) is 0 Å². The smallest absolute Gasteiger partial charge is 0.262 e. The number of hydrogen-bond acceptors (Lipinski definition) is 6. The zero-order valence-corrected chi connectivity index (χ0v) is 13.4. The van der Waals surface area contributed by atoms with Crippen LogP contribution in [0.3, 0.4) is 0 Å². The second-order valence-electron chi connectivity index (χ2n) is 4.51. The highest BCUT2D eigenvalue weighted by Gasteiger charge is 2.52. The number of rotatable bonds is 4. The van der Waals surface area contributed by atoms with Crippen molar-refractivity contribution in [2.75, 3.05) is 25.6 Å². The molecule has 1 heterocycles. The Bertz CT molecular complexity index is 568. The molecule has 0 bridgehead atoms. The van der Waals surface area contributed by atoms with E-state index in [4.69, 9.17) is 0 Å². The fourth-order valence-electron chi connectivity index (χ4n) is 2.02. The van der Waals surface area contributed by atoms with Crippen LogP contribution in [0.4, 0.5) is 0 Å². The third-order valence-electron chi connectivity index (χ3n) is 3.31. The van der Waals surface area contributed by atoms with E-state index in [9.17, 15) is 26.4 Å². The Kier molecular flexibility index (Phi) is 4.49. The maximum absolute atomic E-state index is 12.1. The molecule has 1 rings (SSSR count). The molecule has 0 N–H and O–H groups in total. The average molecular weight is 326 g/mol. The van der Waals surface area contributed by atoms with Crippen molar-refractivity contribution in [1.29, 1.82) is 0 Å². The van der Waals surface area contributed by atoms with Gasteiger partial charge in [0.15, 0.2) is 19.7 Å². The SMILES string of the molecule is CCS(=O)(=O)[C@H]1C(=O)N(C)[C@@H](S(=O)(=O)CC)C(=O)N1C. The lowest BCUT2D eigenvalue weighted by Crippen LogP contribution is -2.66. The Hall–Kier alpha value is -1.16. The van der Waals surface area contributed by atoms with Gasteiger partial charge in [0.1, 0.15) is 0 Å². The normalized spacial score (nSPS) is 25.2. The minimum Gasteiger partial charge on any atom is -0.318 e. The van der Waals surface area contributed by atoms with Gasteiger partial charge in [0.05, 0.1) is 11.5 Å². The predicted molar refractivity (Wildman–Crippen MR) is 72.0 cm³/mol. The number of amides is 2. The highest BCUT2D eigenvalue weighted by Crippen LogP contribution is 2.23. The summed E-state index contributed by atoms with van der Waals surface area (Å²) >= 11 is 0. The van der Waals surface area contributed by atoms with Crippen molar-refractivity contribution in [3.63, 3.8) is 0 Å². The zero-order valence-electron chi connectivity index (χ0n) is 11.7. The van der Waals surface area contributed by atoms with E-state index in [-0.39, 0.29) is 11.5 Å². The lowest BCUT2D eigenvalue weighted by atomic mass is 10.3. The van der Waals surface area contributed by atoms with Gasteiger partial charge in [-0.2, -0.15) is 0 Å². The molecule has 1 fully saturated rings. The molecule has 0 aromatic heterocycles. The molecule has 2 atom stereocenters. The summed E-state index contributed by atoms with van der Waals surface area (Å²) in [5.41, 5.74) is 0. The maximum Gasteiger partial charge on any atom is 0.262 e. The summed E-state index contributed by atoms with van der Waals surface area (Å²) < 4.78 is 47.6. The summed E-state index contributed by atoms with van der Waals surface area (Å²) in [6.45, 7) is 2.71. The van der Waals surface area contributed by atoms with Crippen molar-refractivity contribution in [3.8, 4) is 0 Å². The van der Waals surface area contributed by atoms with Crippen molar-refractivity contribution in [3.05, 3.63) is 0 Å². The van der Waals surface area contributed by atoms with Crippen LogP contribution in [0.2, 0.25) is 0 Å². The molecule has 1 saturated heterocycles. The monoisotopic (exact) mass is 326 g/mol. The number of sulfone groups is 2. The van der Waals surface area contributed by atoms with Crippen molar-refractivity contribution < 1.29 is 26.4 Å². The molecular weight excluding hydrogens is 308 g/mol. The average Bonchev–Trinajstić information content (AvgIpc) is 2.36. The minimum atomic E-state index is -3.84. The van der Waals surface area contributed by atoms with E-state index < -0.39 is 42.2 Å². The van der Waals surface area contributed by atoms with Crippen LogP contribution in [0.1, 0.15) is 13.8 Å². The fourth-order valence-corrected chi connectivity index (χ4v) is 4.77. The number of nitrogens with zero attached hydrogens (tertiary/aromatic N) is 2. The molecule has 116 valence electrons. The van der Waals surface area contributed by atoms with Crippen molar-refractivity contribution in [2.24, 2.45) is 0 Å². The van der Waals surface area contributed by atoms with Gasteiger partial charge in [-0.1, -0.05) is 13.8 Å². The summed E-state index contributed by atoms with van der Waals surface area (Å²) in [6, 6.07) is 0. The molecule has 2 amide bonds. The summed E-state index contributed by atoms with van der Waals surface area (Å²) in [5, 5.41) is -3.32. The number of likely N-dealkylation sites (N-methyl/N-ethyl adjacent to an activating group) is 2. The van der Waals surface area contributed by atoms with E-state index in [1.54, 1.807) is 0 Å². The molecule has 0 radical (unpaired) electrons. The van der Waals surface area contributed by atoms with Gasteiger partial charge < -0.3 is 9.80 Å². The van der Waals surface area contributed by atoms with Crippen LogP contribution in [0, 0.1) is 0 Å². The topological polar surface area (TPSA) is 109 Å². The van der Waals surface area contributed by atoms with Crippen molar-refractivity contribution in [2.45, 2.75) is 24.6 Å². The molecule has 0 aromatic rings. The third kappa shape index (κ3) is 2.53. The van der Waals surface area contributed by atoms with Gasteiger partial charge >= 0.3 is 0 Å². The van der Waals surface area contributed by atoms with E-state index >= 15 is 0 Å². The van der Waals surface area contributed by atoms with E-state index in [1.165, 1.54) is 13.8 Å². The van der Waals surface area contributed by atoms with Crippen LogP contribution in [0.25, 0.3) is 0 Å². The van der Waals surface area contributed by atoms with E-state index in [0.29, 0.717) is 9.80 Å². The van der Waals surface area contributed by atoms with E-state index in [2.05, 4.69) is 0 Å². The van der Waals surface area contributed by atoms with Gasteiger partial charge in [-0.05, 0) is 0 Å². The second kappa shape index (κ2) is 5.32. The fraction of sp³-hybridized carbons (Fsp3) is 0.800. The Morgan fingerprint density at radius 1 is 0.800 bits per heavy atom. The molecule has 0 unspecified atom stereocenters. The Labute approximate surface area is 118 Å². The second-order valence-corrected chi connectivity index (χ2v) is 9.21. The molecule has 0 spiro atoms. The van der Waals surface area contributed by atoms with Gasteiger partial charge in [0.2, 0.25) is 10.7 Å². The van der Waals surface area contributed by atoms with E-state index in [0.717, 1.165) is 14.1 Å². The minimum absolute atomic E-state index is 0.319. The van der Waals surface area contributed by atoms with Crippen LogP contribution in [-0.4, -0.2) is 74.8 Å². The summed E-state index contributed by atoms with van der Waals surface area (Å²) in [6.07, 6.45) is 0. The molecule has 1 aliphatic heterocycles. The first kappa shape index (κ1) is 16.9. The first-order chi connectivity index (χ1) is 9.01. The standard InChI is InChI=1S/C10H18N2O6S2/c1-5-19(15,16)9-7(13)12(4)10(8(14)11(9)3)20(17,18)6-2/h9-10H,5-6H2,1-4H3/t9-,10-/m0/s1. The molecule has 20 heavy (non-hydrogen) atoms. The summed E-state index contributed by atoms with van der Waals surface area (Å²) in [5.74, 6) is -2.45. The predicted octanol–water partition coefficient (Wildman–Crippen LogP) is -1.56. The summed E-state index contributed by atoms with van der Waals surface area (Å²) in [4.78, 5) is 25.7. The molecular formula is C10H18N2O6S2. The van der Waals surface area contributed by atoms with Crippen LogP contribution < -0.4 is 0 Å². The largest absolute Gasteiger partial charge is 0.318 e. The molecule has 0 aliphatic carbocycles. The van der Waals surface area contributed by atoms with Crippen molar-refractivity contribution in [1.82, 2.24) is 9.80 Å². The van der Waals surface area contributed by atoms with Crippen LogP contribution in [-0.2, 0) is 29.3 Å². The van der Waals surface area contributed by atoms with Gasteiger partial charge in [0, 0.05) is 14.1 Å². The quantitative estimate of drug-likeness (QED) is 0.618. The zero-order chi connectivity index (χ0) is 15.9. The maximum atomic E-state index is 12.1. The number of hydrogen-bond donors (Lipinski definition) is 0. The lowest BCUT2D eigenvalue weighted by molar-refractivity contribution is -0.151. The molecule has 8 nitrogen and oxygen atoms in total. The Balaban J connectivity index is 3.37. The molecule has 0 aromatic carbocycles. The number of piperazine rings is 1. The highest BCUT2D eigenvalue weighted by molar-refractivity contribution is 7.93. The Morgan fingerprint density at radius 3 is 1.25 bits per heavy atom. The van der Waals surface area contributed by atoms with Crippen LogP contribution >= 0.6 is 0 Å². The Morgan fingerprint density at radius 2 is 1.05 bits per heavy atom. The van der Waals surface area contributed by atoms with Gasteiger partial charge in [-0.15, -0.1) is 0 Å².